The second-order valence-corrected chi connectivity index (χ2v) is 4.34. The van der Waals surface area contributed by atoms with Gasteiger partial charge >= 0.3 is 0 Å². The molecule has 0 saturated heterocycles. The molecular weight excluding hydrogens is 242 g/mol. The molecule has 0 heterocycles. The van der Waals surface area contributed by atoms with Crippen LogP contribution in [0.3, 0.4) is 0 Å². The van der Waals surface area contributed by atoms with E-state index in [0.29, 0.717) is 17.2 Å². The standard InChI is InChI=1S/C15H23NO3/c1-6-10(2)9-12(16)11-7-8-13(17-3)15(19-5)14(11)18-4/h7-8,12H,2,6,9,16H2,1,3-5H3. The zero-order valence-electron chi connectivity index (χ0n) is 12.2. The number of methoxy groups -OCH3 is 3. The second kappa shape index (κ2) is 7.04. The van der Waals surface area contributed by atoms with Gasteiger partial charge in [-0.05, 0) is 25.0 Å². The molecule has 2 N–H and O–H groups in total. The molecule has 1 aromatic carbocycles. The number of rotatable bonds is 7. The first-order valence-electron chi connectivity index (χ1n) is 6.30. The minimum Gasteiger partial charge on any atom is -0.493 e. The Morgan fingerprint density at radius 1 is 1.16 bits per heavy atom. The zero-order valence-corrected chi connectivity index (χ0v) is 12.2. The molecule has 4 heteroatoms. The van der Waals surface area contributed by atoms with Crippen LogP contribution >= 0.6 is 0 Å². The van der Waals surface area contributed by atoms with Crippen LogP contribution in [0.5, 0.6) is 17.2 Å². The lowest BCUT2D eigenvalue weighted by Gasteiger charge is -2.20. The van der Waals surface area contributed by atoms with Crippen molar-refractivity contribution in [3.8, 4) is 17.2 Å². The molecule has 0 spiro atoms. The van der Waals surface area contributed by atoms with Gasteiger partial charge < -0.3 is 19.9 Å². The summed E-state index contributed by atoms with van der Waals surface area (Å²) in [5.74, 6) is 1.82. The summed E-state index contributed by atoms with van der Waals surface area (Å²) in [5.41, 5.74) is 8.24. The maximum Gasteiger partial charge on any atom is 0.203 e. The summed E-state index contributed by atoms with van der Waals surface area (Å²) in [6.07, 6.45) is 1.64. The Hall–Kier alpha value is -1.68. The molecule has 0 aliphatic heterocycles. The van der Waals surface area contributed by atoms with Crippen molar-refractivity contribution in [2.45, 2.75) is 25.8 Å². The summed E-state index contributed by atoms with van der Waals surface area (Å²) in [4.78, 5) is 0. The van der Waals surface area contributed by atoms with Gasteiger partial charge in [-0.2, -0.15) is 0 Å². The Labute approximate surface area is 115 Å². The first-order valence-corrected chi connectivity index (χ1v) is 6.30. The smallest absolute Gasteiger partial charge is 0.203 e. The Morgan fingerprint density at radius 2 is 1.79 bits per heavy atom. The van der Waals surface area contributed by atoms with E-state index in [9.17, 15) is 0 Å². The van der Waals surface area contributed by atoms with Crippen molar-refractivity contribution in [3.63, 3.8) is 0 Å². The number of ether oxygens (including phenoxy) is 3. The van der Waals surface area contributed by atoms with Gasteiger partial charge in [-0.1, -0.05) is 19.1 Å². The first-order chi connectivity index (χ1) is 9.08. The molecule has 1 unspecified atom stereocenters. The van der Waals surface area contributed by atoms with Crippen molar-refractivity contribution in [2.24, 2.45) is 5.73 Å². The molecule has 19 heavy (non-hydrogen) atoms. The normalized spacial score (nSPS) is 11.8. The predicted octanol–water partition coefficient (Wildman–Crippen LogP) is 3.07. The minimum absolute atomic E-state index is 0.165. The summed E-state index contributed by atoms with van der Waals surface area (Å²) < 4.78 is 16.0. The van der Waals surface area contributed by atoms with E-state index in [1.54, 1.807) is 21.3 Å². The SMILES string of the molecule is C=C(CC)CC(N)c1ccc(OC)c(OC)c1OC. The molecule has 0 saturated carbocycles. The predicted molar refractivity (Wildman–Crippen MR) is 77.1 cm³/mol. The number of benzene rings is 1. The summed E-state index contributed by atoms with van der Waals surface area (Å²) >= 11 is 0. The molecule has 0 aliphatic rings. The average molecular weight is 265 g/mol. The Kier molecular flexibility index (Phi) is 5.70. The molecule has 1 aromatic rings. The van der Waals surface area contributed by atoms with Crippen LogP contribution in [-0.2, 0) is 0 Å². The second-order valence-electron chi connectivity index (χ2n) is 4.34. The molecule has 0 radical (unpaired) electrons. The molecule has 0 amide bonds. The minimum atomic E-state index is -0.165. The highest BCUT2D eigenvalue weighted by Gasteiger charge is 2.20. The third-order valence-electron chi connectivity index (χ3n) is 3.14. The molecule has 0 fully saturated rings. The molecule has 0 aromatic heterocycles. The fourth-order valence-corrected chi connectivity index (χ4v) is 1.98. The lowest BCUT2D eigenvalue weighted by Crippen LogP contribution is -2.13. The monoisotopic (exact) mass is 265 g/mol. The van der Waals surface area contributed by atoms with E-state index < -0.39 is 0 Å². The maximum atomic E-state index is 6.23. The summed E-state index contributed by atoms with van der Waals surface area (Å²) in [6.45, 7) is 6.06. The van der Waals surface area contributed by atoms with E-state index in [4.69, 9.17) is 19.9 Å². The van der Waals surface area contributed by atoms with Crippen molar-refractivity contribution < 1.29 is 14.2 Å². The molecule has 4 nitrogen and oxygen atoms in total. The maximum absolute atomic E-state index is 6.23. The Bertz CT molecular complexity index is 443. The van der Waals surface area contributed by atoms with Gasteiger partial charge in [0, 0.05) is 11.6 Å². The van der Waals surface area contributed by atoms with E-state index >= 15 is 0 Å². The molecule has 106 valence electrons. The van der Waals surface area contributed by atoms with Crippen LogP contribution in [0.15, 0.2) is 24.3 Å². The van der Waals surface area contributed by atoms with E-state index in [-0.39, 0.29) is 6.04 Å². The molecule has 0 bridgehead atoms. The largest absolute Gasteiger partial charge is 0.493 e. The zero-order chi connectivity index (χ0) is 14.4. The van der Waals surface area contributed by atoms with Gasteiger partial charge in [-0.25, -0.2) is 0 Å². The highest BCUT2D eigenvalue weighted by molar-refractivity contribution is 5.56. The van der Waals surface area contributed by atoms with E-state index in [1.165, 1.54) is 0 Å². The van der Waals surface area contributed by atoms with Gasteiger partial charge in [0.1, 0.15) is 0 Å². The van der Waals surface area contributed by atoms with Crippen LogP contribution in [-0.4, -0.2) is 21.3 Å². The van der Waals surface area contributed by atoms with Crippen LogP contribution in [0, 0.1) is 0 Å². The summed E-state index contributed by atoms with van der Waals surface area (Å²) in [5, 5.41) is 0. The third-order valence-corrected chi connectivity index (χ3v) is 3.14. The van der Waals surface area contributed by atoms with Crippen LogP contribution in [0.2, 0.25) is 0 Å². The highest BCUT2D eigenvalue weighted by Crippen LogP contribution is 2.42. The average Bonchev–Trinajstić information content (AvgIpc) is 2.44. The van der Waals surface area contributed by atoms with Crippen molar-refractivity contribution >= 4 is 0 Å². The van der Waals surface area contributed by atoms with Gasteiger partial charge in [-0.15, -0.1) is 0 Å². The fourth-order valence-electron chi connectivity index (χ4n) is 1.98. The van der Waals surface area contributed by atoms with Crippen LogP contribution in [0.1, 0.15) is 31.4 Å². The Balaban J connectivity index is 3.17. The van der Waals surface area contributed by atoms with Crippen molar-refractivity contribution in [2.75, 3.05) is 21.3 Å². The number of hydrogen-bond donors (Lipinski definition) is 1. The van der Waals surface area contributed by atoms with E-state index in [1.807, 2.05) is 12.1 Å². The quantitative estimate of drug-likeness (QED) is 0.770. The van der Waals surface area contributed by atoms with Crippen LogP contribution in [0.4, 0.5) is 0 Å². The topological polar surface area (TPSA) is 53.7 Å². The number of hydrogen-bond acceptors (Lipinski definition) is 4. The fraction of sp³-hybridized carbons (Fsp3) is 0.467. The van der Waals surface area contributed by atoms with E-state index in [2.05, 4.69) is 13.5 Å². The van der Waals surface area contributed by atoms with Crippen LogP contribution < -0.4 is 19.9 Å². The molecule has 1 rings (SSSR count). The number of nitrogens with two attached hydrogens (primary N) is 1. The van der Waals surface area contributed by atoms with Gasteiger partial charge in [-0.3, -0.25) is 0 Å². The van der Waals surface area contributed by atoms with Crippen molar-refractivity contribution in [3.05, 3.63) is 29.8 Å². The lowest BCUT2D eigenvalue weighted by molar-refractivity contribution is 0.320. The van der Waals surface area contributed by atoms with Gasteiger partial charge in [0.2, 0.25) is 5.75 Å². The summed E-state index contributed by atoms with van der Waals surface area (Å²) in [7, 11) is 4.78. The van der Waals surface area contributed by atoms with E-state index in [0.717, 1.165) is 24.0 Å². The molecule has 1 atom stereocenters. The molecule has 0 aliphatic carbocycles. The van der Waals surface area contributed by atoms with Crippen molar-refractivity contribution in [1.29, 1.82) is 0 Å². The molecular formula is C15H23NO3. The lowest BCUT2D eigenvalue weighted by atomic mass is 9.98. The third kappa shape index (κ3) is 3.41. The highest BCUT2D eigenvalue weighted by atomic mass is 16.5. The van der Waals surface area contributed by atoms with Crippen molar-refractivity contribution in [1.82, 2.24) is 0 Å². The van der Waals surface area contributed by atoms with Gasteiger partial charge in [0.15, 0.2) is 11.5 Å². The van der Waals surface area contributed by atoms with Gasteiger partial charge in [0.25, 0.3) is 0 Å². The first kappa shape index (κ1) is 15.4. The van der Waals surface area contributed by atoms with Crippen LogP contribution in [0.25, 0.3) is 0 Å². The van der Waals surface area contributed by atoms with Gasteiger partial charge in [0.05, 0.1) is 21.3 Å². The Morgan fingerprint density at radius 3 is 2.26 bits per heavy atom. The summed E-state index contributed by atoms with van der Waals surface area (Å²) in [6, 6.07) is 3.58.